The molecule has 0 bridgehead atoms. The second kappa shape index (κ2) is 4.19. The molecule has 0 aromatic heterocycles. The quantitative estimate of drug-likeness (QED) is 0.665. The predicted octanol–water partition coefficient (Wildman–Crippen LogP) is 2.33. The number of hydrogen-bond donors (Lipinski definition) is 0. The normalized spacial score (nSPS) is 21.9. The molecule has 7 heteroatoms. The van der Waals surface area contributed by atoms with E-state index in [9.17, 15) is 22.8 Å². The maximum absolute atomic E-state index is 12.4. The van der Waals surface area contributed by atoms with Gasteiger partial charge in [0.25, 0.3) is 0 Å². The van der Waals surface area contributed by atoms with Crippen LogP contribution in [0, 0.1) is 5.92 Å². The van der Waals surface area contributed by atoms with Crippen LogP contribution in [0.15, 0.2) is 0 Å². The lowest BCUT2D eigenvalue weighted by Crippen LogP contribution is -2.38. The zero-order valence-electron chi connectivity index (χ0n) is 9.80. The summed E-state index contributed by atoms with van der Waals surface area (Å²) in [6, 6.07) is 0. The maximum Gasteiger partial charge on any atom is 0.417 e. The highest BCUT2D eigenvalue weighted by Crippen LogP contribution is 2.34. The fraction of sp³-hybridized carbons (Fsp3) is 0.800. The highest BCUT2D eigenvalue weighted by atomic mass is 19.4. The lowest BCUT2D eigenvalue weighted by molar-refractivity contribution is -0.170. The first kappa shape index (κ1) is 13.8. The van der Waals surface area contributed by atoms with Gasteiger partial charge in [0.15, 0.2) is 0 Å². The summed E-state index contributed by atoms with van der Waals surface area (Å²) >= 11 is 0. The Balaban J connectivity index is 2.69. The molecule has 0 spiro atoms. The molecule has 1 saturated heterocycles. The van der Waals surface area contributed by atoms with Gasteiger partial charge in [0, 0.05) is 13.0 Å². The molecule has 4 nitrogen and oxygen atoms in total. The summed E-state index contributed by atoms with van der Waals surface area (Å²) in [5, 5.41) is 0. The zero-order chi connectivity index (χ0) is 13.4. The van der Waals surface area contributed by atoms with E-state index in [1.165, 1.54) is 0 Å². The summed E-state index contributed by atoms with van der Waals surface area (Å²) < 4.78 is 42.0. The number of halogens is 3. The van der Waals surface area contributed by atoms with Gasteiger partial charge < -0.3 is 4.74 Å². The fourth-order valence-corrected chi connectivity index (χ4v) is 1.42. The molecular weight excluding hydrogens is 239 g/mol. The summed E-state index contributed by atoms with van der Waals surface area (Å²) in [6.07, 6.45) is -6.18. The third-order valence-corrected chi connectivity index (χ3v) is 2.20. The van der Waals surface area contributed by atoms with Crippen molar-refractivity contribution in [2.45, 2.75) is 39.0 Å². The van der Waals surface area contributed by atoms with E-state index in [2.05, 4.69) is 0 Å². The van der Waals surface area contributed by atoms with E-state index in [1.54, 1.807) is 20.8 Å². The number of hydrogen-bond acceptors (Lipinski definition) is 3. The lowest BCUT2D eigenvalue weighted by atomic mass is 10.1. The Morgan fingerprint density at radius 2 is 1.88 bits per heavy atom. The monoisotopic (exact) mass is 253 g/mol. The number of alkyl halides is 3. The summed E-state index contributed by atoms with van der Waals surface area (Å²) in [4.78, 5) is 23.3. The van der Waals surface area contributed by atoms with Gasteiger partial charge in [-0.15, -0.1) is 0 Å². The van der Waals surface area contributed by atoms with Crippen LogP contribution in [-0.2, 0) is 9.53 Å². The van der Waals surface area contributed by atoms with Crippen LogP contribution in [0.2, 0.25) is 0 Å². The molecule has 17 heavy (non-hydrogen) atoms. The topological polar surface area (TPSA) is 46.6 Å². The van der Waals surface area contributed by atoms with Gasteiger partial charge in [-0.05, 0) is 20.8 Å². The third kappa shape index (κ3) is 3.61. The van der Waals surface area contributed by atoms with Crippen LogP contribution >= 0.6 is 0 Å². The Hall–Kier alpha value is -1.27. The Morgan fingerprint density at radius 1 is 1.35 bits per heavy atom. The minimum Gasteiger partial charge on any atom is -0.443 e. The Bertz CT molecular complexity index is 333. The van der Waals surface area contributed by atoms with Gasteiger partial charge in [0.1, 0.15) is 5.60 Å². The molecule has 0 aromatic carbocycles. The Morgan fingerprint density at radius 3 is 2.24 bits per heavy atom. The van der Waals surface area contributed by atoms with Crippen molar-refractivity contribution < 1.29 is 27.5 Å². The second-order valence-corrected chi connectivity index (χ2v) is 4.93. The van der Waals surface area contributed by atoms with Crippen LogP contribution in [0.3, 0.4) is 0 Å². The van der Waals surface area contributed by atoms with E-state index in [4.69, 9.17) is 4.74 Å². The molecule has 1 heterocycles. The van der Waals surface area contributed by atoms with Crippen LogP contribution in [0.25, 0.3) is 0 Å². The molecule has 1 atom stereocenters. The number of carbonyl (C=O) groups excluding carboxylic acids is 2. The van der Waals surface area contributed by atoms with Gasteiger partial charge in [-0.1, -0.05) is 0 Å². The maximum atomic E-state index is 12.4. The van der Waals surface area contributed by atoms with Crippen LogP contribution in [0.5, 0.6) is 0 Å². The molecule has 1 rings (SSSR count). The largest absolute Gasteiger partial charge is 0.443 e. The summed E-state index contributed by atoms with van der Waals surface area (Å²) in [5.41, 5.74) is -0.840. The SMILES string of the molecule is CC(C)(C)OC(=O)N1CC(C(F)(F)F)CC1=O. The number of rotatable bonds is 0. The Kier molecular flexibility index (Phi) is 3.40. The fourth-order valence-electron chi connectivity index (χ4n) is 1.42. The van der Waals surface area contributed by atoms with Crippen LogP contribution < -0.4 is 0 Å². The van der Waals surface area contributed by atoms with Gasteiger partial charge in [-0.2, -0.15) is 13.2 Å². The van der Waals surface area contributed by atoms with Gasteiger partial charge in [0.05, 0.1) is 5.92 Å². The third-order valence-electron chi connectivity index (χ3n) is 2.20. The average Bonchev–Trinajstić information content (AvgIpc) is 2.42. The van der Waals surface area contributed by atoms with Crippen molar-refractivity contribution in [1.82, 2.24) is 4.90 Å². The van der Waals surface area contributed by atoms with Crippen molar-refractivity contribution in [1.29, 1.82) is 0 Å². The van der Waals surface area contributed by atoms with E-state index < -0.39 is 42.7 Å². The second-order valence-electron chi connectivity index (χ2n) is 4.93. The molecule has 1 aliphatic rings. The first-order chi connectivity index (χ1) is 7.50. The highest BCUT2D eigenvalue weighted by Gasteiger charge is 2.49. The molecule has 0 radical (unpaired) electrons. The standard InChI is InChI=1S/C10H14F3NO3/c1-9(2,3)17-8(16)14-5-6(4-7(14)15)10(11,12)13/h6H,4-5H2,1-3H3. The molecule has 0 N–H and O–H groups in total. The van der Waals surface area contributed by atoms with Crippen LogP contribution in [0.4, 0.5) is 18.0 Å². The van der Waals surface area contributed by atoms with E-state index in [0.29, 0.717) is 4.90 Å². The van der Waals surface area contributed by atoms with E-state index >= 15 is 0 Å². The summed E-state index contributed by atoms with van der Waals surface area (Å²) in [6.45, 7) is 4.07. The molecule has 2 amide bonds. The zero-order valence-corrected chi connectivity index (χ0v) is 9.80. The van der Waals surface area contributed by atoms with Crippen molar-refractivity contribution >= 4 is 12.0 Å². The molecule has 0 saturated carbocycles. The van der Waals surface area contributed by atoms with Gasteiger partial charge in [0.2, 0.25) is 5.91 Å². The number of ether oxygens (including phenoxy) is 1. The minimum atomic E-state index is -4.47. The predicted molar refractivity (Wildman–Crippen MR) is 52.1 cm³/mol. The van der Waals surface area contributed by atoms with Crippen molar-refractivity contribution in [2.24, 2.45) is 5.92 Å². The Labute approximate surface area is 96.7 Å². The van der Waals surface area contributed by atoms with Crippen molar-refractivity contribution in [2.75, 3.05) is 6.54 Å². The molecule has 1 fully saturated rings. The first-order valence-electron chi connectivity index (χ1n) is 5.11. The number of nitrogens with zero attached hydrogens (tertiary/aromatic N) is 1. The molecular formula is C10H14F3NO3. The van der Waals surface area contributed by atoms with Crippen molar-refractivity contribution in [3.8, 4) is 0 Å². The smallest absolute Gasteiger partial charge is 0.417 e. The minimum absolute atomic E-state index is 0.517. The first-order valence-corrected chi connectivity index (χ1v) is 5.11. The average molecular weight is 253 g/mol. The van der Waals surface area contributed by atoms with Crippen LogP contribution in [0.1, 0.15) is 27.2 Å². The number of likely N-dealkylation sites (tertiary alicyclic amines) is 1. The number of imide groups is 1. The number of carbonyl (C=O) groups is 2. The molecule has 0 aliphatic carbocycles. The van der Waals surface area contributed by atoms with Gasteiger partial charge in [-0.3, -0.25) is 4.79 Å². The molecule has 0 aromatic rings. The van der Waals surface area contributed by atoms with E-state index in [1.807, 2.05) is 0 Å². The van der Waals surface area contributed by atoms with Crippen molar-refractivity contribution in [3.05, 3.63) is 0 Å². The van der Waals surface area contributed by atoms with Crippen molar-refractivity contribution in [3.63, 3.8) is 0 Å². The molecule has 1 aliphatic heterocycles. The van der Waals surface area contributed by atoms with Crippen LogP contribution in [-0.4, -0.2) is 35.2 Å². The van der Waals surface area contributed by atoms with E-state index in [-0.39, 0.29) is 0 Å². The summed E-state index contributed by atoms with van der Waals surface area (Å²) in [5.74, 6) is -2.64. The van der Waals surface area contributed by atoms with E-state index in [0.717, 1.165) is 0 Å². The van der Waals surface area contributed by atoms with Gasteiger partial charge in [-0.25, -0.2) is 9.69 Å². The summed E-state index contributed by atoms with van der Waals surface area (Å²) in [7, 11) is 0. The number of amides is 2. The highest BCUT2D eigenvalue weighted by molar-refractivity contribution is 5.93. The molecule has 1 unspecified atom stereocenters. The van der Waals surface area contributed by atoms with Gasteiger partial charge >= 0.3 is 12.3 Å². The lowest BCUT2D eigenvalue weighted by Gasteiger charge is -2.23. The molecule has 98 valence electrons.